The summed E-state index contributed by atoms with van der Waals surface area (Å²) in [5.41, 5.74) is 6.54. The van der Waals surface area contributed by atoms with Gasteiger partial charge in [-0.3, -0.25) is 0 Å². The SMILES string of the molecule is N[C@@H](c1c(Cl)ccc(Cl)c1F)C1CCCCC1. The van der Waals surface area contributed by atoms with Gasteiger partial charge in [-0.1, -0.05) is 42.5 Å². The molecule has 0 saturated heterocycles. The van der Waals surface area contributed by atoms with Crippen LogP contribution in [-0.4, -0.2) is 0 Å². The lowest BCUT2D eigenvalue weighted by Gasteiger charge is -2.28. The van der Waals surface area contributed by atoms with Gasteiger partial charge in [-0.05, 0) is 30.9 Å². The van der Waals surface area contributed by atoms with Gasteiger partial charge in [0.1, 0.15) is 5.82 Å². The van der Waals surface area contributed by atoms with Crippen LogP contribution in [0.15, 0.2) is 12.1 Å². The van der Waals surface area contributed by atoms with Gasteiger partial charge in [0.05, 0.1) is 5.02 Å². The maximum Gasteiger partial charge on any atom is 0.148 e. The molecular formula is C13H16Cl2FN. The summed E-state index contributed by atoms with van der Waals surface area (Å²) in [5.74, 6) is -0.147. The van der Waals surface area contributed by atoms with Crippen LogP contribution in [0.2, 0.25) is 10.0 Å². The molecule has 2 rings (SSSR count). The molecule has 2 N–H and O–H groups in total. The van der Waals surface area contributed by atoms with Gasteiger partial charge >= 0.3 is 0 Å². The quantitative estimate of drug-likeness (QED) is 0.777. The first-order valence-electron chi connectivity index (χ1n) is 6.00. The Kier molecular flexibility index (Phi) is 4.29. The van der Waals surface area contributed by atoms with Gasteiger partial charge in [-0.15, -0.1) is 0 Å². The van der Waals surface area contributed by atoms with E-state index >= 15 is 0 Å². The van der Waals surface area contributed by atoms with Crippen LogP contribution in [0.1, 0.15) is 43.7 Å². The van der Waals surface area contributed by atoms with Crippen LogP contribution in [-0.2, 0) is 0 Å². The molecule has 0 aliphatic heterocycles. The lowest BCUT2D eigenvalue weighted by atomic mass is 9.81. The fourth-order valence-corrected chi connectivity index (χ4v) is 3.01. The second kappa shape index (κ2) is 5.55. The highest BCUT2D eigenvalue weighted by atomic mass is 35.5. The summed E-state index contributed by atoms with van der Waals surface area (Å²) in [5, 5.41) is 0.473. The van der Waals surface area contributed by atoms with Crippen molar-refractivity contribution < 1.29 is 4.39 Å². The minimum absolute atomic E-state index is 0.0932. The summed E-state index contributed by atoms with van der Waals surface area (Å²) in [4.78, 5) is 0. The number of rotatable bonds is 2. The molecule has 0 radical (unpaired) electrons. The van der Waals surface area contributed by atoms with E-state index in [9.17, 15) is 4.39 Å². The second-order valence-electron chi connectivity index (χ2n) is 4.68. The Morgan fingerprint density at radius 1 is 1.12 bits per heavy atom. The Labute approximate surface area is 111 Å². The predicted molar refractivity (Wildman–Crippen MR) is 69.9 cm³/mol. The zero-order chi connectivity index (χ0) is 12.4. The molecule has 1 aliphatic rings. The normalized spacial score (nSPS) is 19.3. The lowest BCUT2D eigenvalue weighted by molar-refractivity contribution is 0.303. The van der Waals surface area contributed by atoms with Crippen molar-refractivity contribution in [3.8, 4) is 0 Å². The molecule has 94 valence electrons. The third kappa shape index (κ3) is 2.75. The molecule has 1 saturated carbocycles. The number of nitrogens with two attached hydrogens (primary N) is 1. The molecule has 0 amide bonds. The van der Waals surface area contributed by atoms with Crippen LogP contribution in [0, 0.1) is 11.7 Å². The van der Waals surface area contributed by atoms with E-state index in [4.69, 9.17) is 28.9 Å². The van der Waals surface area contributed by atoms with Gasteiger partial charge in [0.25, 0.3) is 0 Å². The molecule has 1 aromatic carbocycles. The van der Waals surface area contributed by atoms with Gasteiger partial charge in [0.2, 0.25) is 0 Å². The van der Waals surface area contributed by atoms with Gasteiger partial charge in [-0.25, -0.2) is 4.39 Å². The lowest BCUT2D eigenvalue weighted by Crippen LogP contribution is -2.25. The van der Waals surface area contributed by atoms with Gasteiger partial charge in [-0.2, -0.15) is 0 Å². The van der Waals surface area contributed by atoms with Gasteiger partial charge in [0.15, 0.2) is 0 Å². The summed E-state index contributed by atoms with van der Waals surface area (Å²) in [6.45, 7) is 0. The fraction of sp³-hybridized carbons (Fsp3) is 0.538. The summed E-state index contributed by atoms with van der Waals surface area (Å²) in [6.07, 6.45) is 5.66. The van der Waals surface area contributed by atoms with Crippen LogP contribution in [0.25, 0.3) is 0 Å². The van der Waals surface area contributed by atoms with Crippen LogP contribution in [0.5, 0.6) is 0 Å². The van der Waals surface area contributed by atoms with E-state index in [-0.39, 0.29) is 11.1 Å². The summed E-state index contributed by atoms with van der Waals surface area (Å²) in [6, 6.07) is 2.74. The molecule has 0 spiro atoms. The van der Waals surface area contributed by atoms with E-state index in [0.29, 0.717) is 16.5 Å². The maximum atomic E-state index is 14.0. The maximum absolute atomic E-state index is 14.0. The Morgan fingerprint density at radius 2 is 1.71 bits per heavy atom. The molecule has 4 heteroatoms. The van der Waals surface area contributed by atoms with Crippen molar-refractivity contribution in [1.82, 2.24) is 0 Å². The van der Waals surface area contributed by atoms with Crippen LogP contribution >= 0.6 is 23.2 Å². The third-order valence-corrected chi connectivity index (χ3v) is 4.19. The van der Waals surface area contributed by atoms with Crippen molar-refractivity contribution in [3.63, 3.8) is 0 Å². The average molecular weight is 276 g/mol. The number of hydrogen-bond acceptors (Lipinski definition) is 1. The molecule has 0 bridgehead atoms. The summed E-state index contributed by atoms with van der Waals surface area (Å²) >= 11 is 11.8. The highest BCUT2D eigenvalue weighted by Gasteiger charge is 2.26. The topological polar surface area (TPSA) is 26.0 Å². The van der Waals surface area contributed by atoms with Gasteiger partial charge < -0.3 is 5.73 Å². The van der Waals surface area contributed by atoms with Crippen LogP contribution in [0.3, 0.4) is 0 Å². The van der Waals surface area contributed by atoms with E-state index < -0.39 is 5.82 Å². The minimum Gasteiger partial charge on any atom is -0.324 e. The van der Waals surface area contributed by atoms with Crippen LogP contribution in [0.4, 0.5) is 4.39 Å². The summed E-state index contributed by atoms with van der Waals surface area (Å²) in [7, 11) is 0. The molecule has 0 aromatic heterocycles. The van der Waals surface area contributed by atoms with Crippen molar-refractivity contribution in [1.29, 1.82) is 0 Å². The highest BCUT2D eigenvalue weighted by Crippen LogP contribution is 2.38. The Morgan fingerprint density at radius 3 is 2.35 bits per heavy atom. The van der Waals surface area contributed by atoms with Gasteiger partial charge in [0, 0.05) is 16.6 Å². The van der Waals surface area contributed by atoms with Crippen molar-refractivity contribution in [2.24, 2.45) is 11.7 Å². The Hall–Kier alpha value is -0.310. The molecule has 1 atom stereocenters. The minimum atomic E-state index is -0.461. The monoisotopic (exact) mass is 275 g/mol. The molecule has 0 heterocycles. The summed E-state index contributed by atoms with van der Waals surface area (Å²) < 4.78 is 14.0. The fourth-order valence-electron chi connectivity index (χ4n) is 2.58. The number of hydrogen-bond donors (Lipinski definition) is 1. The third-order valence-electron chi connectivity index (χ3n) is 3.57. The first kappa shape index (κ1) is 13.1. The molecule has 1 aromatic rings. The van der Waals surface area contributed by atoms with Crippen molar-refractivity contribution in [3.05, 3.63) is 33.6 Å². The molecule has 1 nitrogen and oxygen atoms in total. The first-order valence-corrected chi connectivity index (χ1v) is 6.76. The smallest absolute Gasteiger partial charge is 0.148 e. The number of halogens is 3. The number of benzene rings is 1. The molecule has 1 aliphatic carbocycles. The van der Waals surface area contributed by atoms with E-state index in [1.54, 1.807) is 6.07 Å². The zero-order valence-electron chi connectivity index (χ0n) is 9.56. The molecule has 17 heavy (non-hydrogen) atoms. The Balaban J connectivity index is 2.29. The van der Waals surface area contributed by atoms with Crippen molar-refractivity contribution in [2.45, 2.75) is 38.1 Å². The van der Waals surface area contributed by atoms with E-state index in [0.717, 1.165) is 25.7 Å². The zero-order valence-corrected chi connectivity index (χ0v) is 11.1. The molecule has 0 unspecified atom stereocenters. The van der Waals surface area contributed by atoms with E-state index in [1.165, 1.54) is 12.5 Å². The first-order chi connectivity index (χ1) is 8.11. The molecule has 1 fully saturated rings. The standard InChI is InChI=1S/C13H16Cl2FN/c14-9-6-7-10(15)12(16)11(9)13(17)8-4-2-1-3-5-8/h6-8,13H,1-5,17H2/t13-/m1/s1. The van der Waals surface area contributed by atoms with Crippen molar-refractivity contribution >= 4 is 23.2 Å². The largest absolute Gasteiger partial charge is 0.324 e. The molecular weight excluding hydrogens is 260 g/mol. The van der Waals surface area contributed by atoms with E-state index in [2.05, 4.69) is 0 Å². The predicted octanol–water partition coefficient (Wildman–Crippen LogP) is 4.71. The Bertz CT molecular complexity index is 403. The van der Waals surface area contributed by atoms with Crippen molar-refractivity contribution in [2.75, 3.05) is 0 Å². The van der Waals surface area contributed by atoms with E-state index in [1.807, 2.05) is 0 Å². The highest BCUT2D eigenvalue weighted by molar-refractivity contribution is 6.33. The van der Waals surface area contributed by atoms with Crippen LogP contribution < -0.4 is 5.73 Å². The second-order valence-corrected chi connectivity index (χ2v) is 5.50. The average Bonchev–Trinajstić information content (AvgIpc) is 2.35.